The van der Waals surface area contributed by atoms with Crippen molar-refractivity contribution in [2.75, 3.05) is 0 Å². The number of benzene rings is 2. The number of hydrogen-bond donors (Lipinski definition) is 2. The van der Waals surface area contributed by atoms with Gasteiger partial charge in [-0.3, -0.25) is 4.79 Å². The lowest BCUT2D eigenvalue weighted by Crippen LogP contribution is -2.24. The van der Waals surface area contributed by atoms with Gasteiger partial charge in [0.15, 0.2) is 0 Å². The van der Waals surface area contributed by atoms with Crippen LogP contribution in [-0.2, 0) is 30.8 Å². The number of carbonyl (C=O) groups excluding carboxylic acids is 1. The van der Waals surface area contributed by atoms with Crippen molar-refractivity contribution in [3.05, 3.63) is 64.7 Å². The molecule has 2 N–H and O–H groups in total. The van der Waals surface area contributed by atoms with Gasteiger partial charge in [0.25, 0.3) is 0 Å². The van der Waals surface area contributed by atoms with Gasteiger partial charge in [0.05, 0.1) is 6.42 Å². The van der Waals surface area contributed by atoms with E-state index in [1.165, 1.54) is 23.3 Å². The first-order valence-electron chi connectivity index (χ1n) is 7.72. The van der Waals surface area contributed by atoms with Gasteiger partial charge in [-0.1, -0.05) is 30.3 Å². The average Bonchev–Trinajstić information content (AvgIpc) is 3.02. The van der Waals surface area contributed by atoms with Crippen LogP contribution >= 0.6 is 0 Å². The Morgan fingerprint density at radius 1 is 1.08 bits per heavy atom. The smallest absolute Gasteiger partial charge is 0.387 e. The minimum Gasteiger partial charge on any atom is -0.435 e. The molecule has 0 atom stereocenters. The minimum absolute atomic E-state index is 0.0842. The molecule has 0 unspecified atom stereocenters. The number of fused-ring (bicyclic) bond motifs is 1. The third kappa shape index (κ3) is 4.29. The van der Waals surface area contributed by atoms with Gasteiger partial charge in [0, 0.05) is 19.6 Å². The quantitative estimate of drug-likeness (QED) is 0.855. The van der Waals surface area contributed by atoms with Crippen molar-refractivity contribution in [3.63, 3.8) is 0 Å². The normalized spacial score (nSPS) is 13.0. The summed E-state index contributed by atoms with van der Waals surface area (Å²) in [6, 6.07) is 12.3. The van der Waals surface area contributed by atoms with Crippen LogP contribution in [0.25, 0.3) is 0 Å². The fourth-order valence-electron chi connectivity index (χ4n) is 2.70. The molecule has 2 aromatic rings. The Labute approximate surface area is 138 Å². The van der Waals surface area contributed by atoms with E-state index in [9.17, 15) is 13.6 Å². The van der Waals surface area contributed by atoms with Crippen molar-refractivity contribution < 1.29 is 18.3 Å². The van der Waals surface area contributed by atoms with Crippen LogP contribution in [-0.4, -0.2) is 12.5 Å². The number of carbonyl (C=O) groups is 1. The second-order valence-corrected chi connectivity index (χ2v) is 5.68. The van der Waals surface area contributed by atoms with E-state index in [-0.39, 0.29) is 18.1 Å². The van der Waals surface area contributed by atoms with Crippen molar-refractivity contribution in [1.29, 1.82) is 0 Å². The Bertz CT molecular complexity index is 717. The number of ether oxygens (including phenoxy) is 1. The van der Waals surface area contributed by atoms with E-state index >= 15 is 0 Å². The molecular weight excluding hydrogens is 314 g/mol. The van der Waals surface area contributed by atoms with Crippen LogP contribution in [0.5, 0.6) is 5.75 Å². The predicted molar refractivity (Wildman–Crippen MR) is 85.6 cm³/mol. The molecule has 1 amide bonds. The highest BCUT2D eigenvalue weighted by Crippen LogP contribution is 2.17. The molecule has 0 bridgehead atoms. The Morgan fingerprint density at radius 3 is 2.54 bits per heavy atom. The molecule has 24 heavy (non-hydrogen) atoms. The van der Waals surface area contributed by atoms with Crippen LogP contribution in [0.15, 0.2) is 42.5 Å². The molecule has 0 saturated heterocycles. The maximum Gasteiger partial charge on any atom is 0.387 e. The van der Waals surface area contributed by atoms with Gasteiger partial charge in [-0.2, -0.15) is 8.78 Å². The summed E-state index contributed by atoms with van der Waals surface area (Å²) in [5.41, 5.74) is 4.38. The standard InChI is InChI=1S/C18H18F2N2O2/c19-18(20)24-16-5-2-12(3-6-16)8-17(23)22-9-13-1-4-14-10-21-11-15(14)7-13/h1-7,18,21H,8-11H2,(H,22,23). The lowest BCUT2D eigenvalue weighted by molar-refractivity contribution is -0.120. The summed E-state index contributed by atoms with van der Waals surface area (Å²) in [6.07, 6.45) is 0.196. The van der Waals surface area contributed by atoms with E-state index in [2.05, 4.69) is 27.5 Å². The van der Waals surface area contributed by atoms with Gasteiger partial charge >= 0.3 is 6.61 Å². The third-order valence-corrected chi connectivity index (χ3v) is 3.90. The summed E-state index contributed by atoms with van der Waals surface area (Å²) < 4.78 is 28.4. The van der Waals surface area contributed by atoms with Gasteiger partial charge in [-0.05, 0) is 34.4 Å². The molecule has 3 rings (SSSR count). The lowest BCUT2D eigenvalue weighted by Gasteiger charge is -2.08. The van der Waals surface area contributed by atoms with Crippen molar-refractivity contribution in [2.24, 2.45) is 0 Å². The zero-order valence-electron chi connectivity index (χ0n) is 13.0. The number of nitrogens with one attached hydrogen (secondary N) is 2. The Morgan fingerprint density at radius 2 is 1.79 bits per heavy atom. The van der Waals surface area contributed by atoms with E-state index in [1.807, 2.05) is 6.07 Å². The molecule has 0 saturated carbocycles. The Kier molecular flexibility index (Phi) is 5.05. The van der Waals surface area contributed by atoms with Gasteiger partial charge in [0.1, 0.15) is 5.75 Å². The highest BCUT2D eigenvalue weighted by molar-refractivity contribution is 5.78. The molecule has 0 radical (unpaired) electrons. The number of rotatable bonds is 6. The minimum atomic E-state index is -2.85. The predicted octanol–water partition coefficient (Wildman–Crippen LogP) is 2.75. The fraction of sp³-hybridized carbons (Fsp3) is 0.278. The van der Waals surface area contributed by atoms with Gasteiger partial charge in [-0.25, -0.2) is 0 Å². The molecule has 0 spiro atoms. The van der Waals surface area contributed by atoms with Crippen LogP contribution in [0.4, 0.5) is 8.78 Å². The van der Waals surface area contributed by atoms with Crippen molar-refractivity contribution in [1.82, 2.24) is 10.6 Å². The number of halogens is 2. The topological polar surface area (TPSA) is 50.4 Å². The maximum atomic E-state index is 12.1. The summed E-state index contributed by atoms with van der Waals surface area (Å²) in [5.74, 6) is -0.0305. The average molecular weight is 332 g/mol. The molecule has 6 heteroatoms. The SMILES string of the molecule is O=C(Cc1ccc(OC(F)F)cc1)NCc1ccc2c(c1)CNC2. The van der Waals surface area contributed by atoms with Crippen molar-refractivity contribution >= 4 is 5.91 Å². The third-order valence-electron chi connectivity index (χ3n) is 3.90. The summed E-state index contributed by atoms with van der Waals surface area (Å²) in [6.45, 7) is -0.613. The van der Waals surface area contributed by atoms with Crippen molar-refractivity contribution in [3.8, 4) is 5.75 Å². The zero-order chi connectivity index (χ0) is 16.9. The largest absolute Gasteiger partial charge is 0.435 e. The van der Waals surface area contributed by atoms with Gasteiger partial charge in [0.2, 0.25) is 5.91 Å². The lowest BCUT2D eigenvalue weighted by atomic mass is 10.1. The Balaban J connectivity index is 1.50. The number of alkyl halides is 2. The first kappa shape index (κ1) is 16.4. The Hall–Kier alpha value is -2.47. The molecule has 4 nitrogen and oxygen atoms in total. The number of hydrogen-bond acceptors (Lipinski definition) is 3. The van der Waals surface area contributed by atoms with Gasteiger partial charge in [-0.15, -0.1) is 0 Å². The van der Waals surface area contributed by atoms with Crippen LogP contribution in [0.1, 0.15) is 22.3 Å². The maximum absolute atomic E-state index is 12.1. The highest BCUT2D eigenvalue weighted by atomic mass is 19.3. The molecule has 0 aliphatic carbocycles. The number of amides is 1. The summed E-state index contributed by atoms with van der Waals surface area (Å²) in [5, 5.41) is 6.16. The van der Waals surface area contributed by atoms with Crippen LogP contribution in [0.3, 0.4) is 0 Å². The van der Waals surface area contributed by atoms with Crippen molar-refractivity contribution in [2.45, 2.75) is 32.7 Å². The fourth-order valence-corrected chi connectivity index (χ4v) is 2.70. The highest BCUT2D eigenvalue weighted by Gasteiger charge is 2.11. The van der Waals surface area contributed by atoms with Crippen LogP contribution < -0.4 is 15.4 Å². The molecule has 0 fully saturated rings. The first-order chi connectivity index (χ1) is 11.6. The summed E-state index contributed by atoms with van der Waals surface area (Å²) >= 11 is 0. The summed E-state index contributed by atoms with van der Waals surface area (Å²) in [4.78, 5) is 12.0. The second kappa shape index (κ2) is 7.40. The van der Waals surface area contributed by atoms with E-state index < -0.39 is 6.61 Å². The van der Waals surface area contributed by atoms with E-state index in [4.69, 9.17) is 0 Å². The van der Waals surface area contributed by atoms with Crippen LogP contribution in [0.2, 0.25) is 0 Å². The molecule has 2 aromatic carbocycles. The molecular formula is C18H18F2N2O2. The van der Waals surface area contributed by atoms with Gasteiger partial charge < -0.3 is 15.4 Å². The van der Waals surface area contributed by atoms with E-state index in [1.54, 1.807) is 12.1 Å². The molecule has 126 valence electrons. The second-order valence-electron chi connectivity index (χ2n) is 5.68. The van der Waals surface area contributed by atoms with E-state index in [0.29, 0.717) is 6.54 Å². The zero-order valence-corrected chi connectivity index (χ0v) is 13.0. The molecule has 1 heterocycles. The first-order valence-corrected chi connectivity index (χ1v) is 7.72. The molecule has 1 aliphatic heterocycles. The van der Waals surface area contributed by atoms with E-state index in [0.717, 1.165) is 24.2 Å². The molecule has 1 aliphatic rings. The summed E-state index contributed by atoms with van der Waals surface area (Å²) in [7, 11) is 0. The van der Waals surface area contributed by atoms with Crippen LogP contribution in [0, 0.1) is 0 Å². The molecule has 0 aromatic heterocycles. The monoisotopic (exact) mass is 332 g/mol.